The van der Waals surface area contributed by atoms with Gasteiger partial charge >= 0.3 is 5.97 Å². The zero-order valence-electron chi connectivity index (χ0n) is 12.5. The summed E-state index contributed by atoms with van der Waals surface area (Å²) in [6.45, 7) is 3.58. The van der Waals surface area contributed by atoms with E-state index < -0.39 is 5.97 Å². The van der Waals surface area contributed by atoms with E-state index in [0.29, 0.717) is 5.56 Å². The molecule has 1 heterocycles. The topological polar surface area (TPSA) is 54.4 Å². The number of rotatable bonds is 2. The van der Waals surface area contributed by atoms with Crippen molar-refractivity contribution in [3.63, 3.8) is 0 Å². The van der Waals surface area contributed by atoms with Crippen LogP contribution in [0.1, 0.15) is 44.3 Å². The summed E-state index contributed by atoms with van der Waals surface area (Å²) in [6.07, 6.45) is 1.73. The molecule has 22 heavy (non-hydrogen) atoms. The van der Waals surface area contributed by atoms with Crippen molar-refractivity contribution in [2.75, 3.05) is 0 Å². The maximum Gasteiger partial charge on any atom is 0.335 e. The average Bonchev–Trinajstić information content (AvgIpc) is 2.65. The molecule has 3 nitrogen and oxygen atoms in total. The second kappa shape index (κ2) is 5.61. The van der Waals surface area contributed by atoms with Crippen LogP contribution in [0.15, 0.2) is 40.1 Å². The van der Waals surface area contributed by atoms with Gasteiger partial charge < -0.3 is 5.11 Å². The Hall–Kier alpha value is -2.07. The van der Waals surface area contributed by atoms with Crippen LogP contribution in [0.25, 0.3) is 0 Å². The lowest BCUT2D eigenvalue weighted by molar-refractivity contribution is 0.0696. The predicted molar refractivity (Wildman–Crippen MR) is 86.1 cm³/mol. The lowest BCUT2D eigenvalue weighted by atomic mass is 9.95. The van der Waals surface area contributed by atoms with E-state index in [1.165, 1.54) is 5.56 Å². The van der Waals surface area contributed by atoms with Gasteiger partial charge in [-0.25, -0.2) is 4.79 Å². The maximum absolute atomic E-state index is 11.7. The summed E-state index contributed by atoms with van der Waals surface area (Å²) >= 11 is 1.59. The number of carboxylic acids is 1. The third-order valence-electron chi connectivity index (χ3n) is 4.11. The first kappa shape index (κ1) is 14.9. The molecule has 3 rings (SSSR count). The molecule has 0 atom stereocenters. The first-order valence-corrected chi connectivity index (χ1v) is 7.96. The van der Waals surface area contributed by atoms with Gasteiger partial charge in [0, 0.05) is 15.4 Å². The van der Waals surface area contributed by atoms with Crippen molar-refractivity contribution >= 4 is 23.5 Å². The van der Waals surface area contributed by atoms with Gasteiger partial charge in [-0.1, -0.05) is 23.9 Å². The fourth-order valence-electron chi connectivity index (χ4n) is 2.89. The van der Waals surface area contributed by atoms with E-state index in [1.807, 2.05) is 25.1 Å². The fourth-order valence-corrected chi connectivity index (χ4v) is 4.13. The zero-order chi connectivity index (χ0) is 15.9. The molecule has 0 saturated heterocycles. The summed E-state index contributed by atoms with van der Waals surface area (Å²) < 4.78 is 0. The number of carbonyl (C=O) groups is 2. The summed E-state index contributed by atoms with van der Waals surface area (Å²) in [5.41, 5.74) is 4.49. The van der Waals surface area contributed by atoms with Crippen LogP contribution < -0.4 is 0 Å². The van der Waals surface area contributed by atoms with Crippen molar-refractivity contribution in [3.05, 3.63) is 58.1 Å². The van der Waals surface area contributed by atoms with Gasteiger partial charge in [-0.2, -0.15) is 0 Å². The Labute approximate surface area is 133 Å². The first-order chi connectivity index (χ1) is 10.5. The summed E-state index contributed by atoms with van der Waals surface area (Å²) in [5.74, 6) is -0.823. The molecule has 112 valence electrons. The highest BCUT2D eigenvalue weighted by Gasteiger charge is 2.19. The number of fused-ring (bicyclic) bond motifs is 2. The third-order valence-corrected chi connectivity index (χ3v) is 5.32. The summed E-state index contributed by atoms with van der Waals surface area (Å²) in [5, 5.41) is 9.15. The van der Waals surface area contributed by atoms with Crippen LogP contribution in [0.2, 0.25) is 0 Å². The van der Waals surface area contributed by atoms with Crippen LogP contribution in [-0.2, 0) is 12.8 Å². The minimum Gasteiger partial charge on any atom is -0.478 e. The minimum absolute atomic E-state index is 0.0835. The second-order valence-electron chi connectivity index (χ2n) is 5.50. The number of ketones is 1. The number of aryl methyl sites for hydroxylation is 1. The van der Waals surface area contributed by atoms with Crippen LogP contribution in [0, 0.1) is 6.92 Å². The van der Waals surface area contributed by atoms with Crippen LogP contribution in [0.5, 0.6) is 0 Å². The Morgan fingerprint density at radius 1 is 1.09 bits per heavy atom. The summed E-state index contributed by atoms with van der Waals surface area (Å²) in [4.78, 5) is 25.0. The number of hydrogen-bond acceptors (Lipinski definition) is 3. The van der Waals surface area contributed by atoms with Gasteiger partial charge in [-0.15, -0.1) is 0 Å². The predicted octanol–water partition coefficient (Wildman–Crippen LogP) is 4.15. The monoisotopic (exact) mass is 312 g/mol. The zero-order valence-corrected chi connectivity index (χ0v) is 13.3. The highest BCUT2D eigenvalue weighted by atomic mass is 32.2. The van der Waals surface area contributed by atoms with Crippen LogP contribution in [-0.4, -0.2) is 16.9 Å². The first-order valence-electron chi connectivity index (χ1n) is 7.15. The number of carboxylic acid groups (broad SMARTS) is 1. The molecule has 0 saturated carbocycles. The van der Waals surface area contributed by atoms with Crippen LogP contribution >= 0.6 is 11.8 Å². The number of Topliss-reactive ketones (excluding diaryl/α,β-unsaturated/α-hetero) is 1. The molecule has 1 N–H and O–H groups in total. The normalized spacial score (nSPS) is 13.0. The van der Waals surface area contributed by atoms with Crippen LogP contribution in [0.3, 0.4) is 0 Å². The van der Waals surface area contributed by atoms with Crippen molar-refractivity contribution in [2.24, 2.45) is 0 Å². The molecular formula is C18H16O3S. The van der Waals surface area contributed by atoms with E-state index in [-0.39, 0.29) is 5.78 Å². The lowest BCUT2D eigenvalue weighted by Crippen LogP contribution is -2.02. The third kappa shape index (κ3) is 2.55. The maximum atomic E-state index is 11.7. The van der Waals surface area contributed by atoms with Gasteiger partial charge in [0.1, 0.15) is 0 Å². The highest BCUT2D eigenvalue weighted by Crippen LogP contribution is 2.39. The number of aromatic carboxylic acids is 1. The standard InChI is InChI=1S/C18H16O3S/c1-10-14(11(2)19)7-8-16-15(10)6-5-12-3-4-13(18(20)21)9-17(12)22-16/h3-4,7-9H,5-6H2,1-2H3,(H,20,21). The van der Waals surface area contributed by atoms with E-state index in [4.69, 9.17) is 5.11 Å². The Morgan fingerprint density at radius 3 is 2.55 bits per heavy atom. The van der Waals surface area contributed by atoms with Crippen molar-refractivity contribution in [3.8, 4) is 0 Å². The molecule has 1 aliphatic rings. The molecule has 0 fully saturated rings. The van der Waals surface area contributed by atoms with E-state index in [2.05, 4.69) is 0 Å². The summed E-state index contributed by atoms with van der Waals surface area (Å²) in [6, 6.07) is 9.15. The van der Waals surface area contributed by atoms with Gasteiger partial charge in [-0.05, 0) is 61.6 Å². The lowest BCUT2D eigenvalue weighted by Gasteiger charge is -2.12. The van der Waals surface area contributed by atoms with Gasteiger partial charge in [0.15, 0.2) is 5.78 Å². The van der Waals surface area contributed by atoms with E-state index in [9.17, 15) is 9.59 Å². The Balaban J connectivity index is 2.08. The van der Waals surface area contributed by atoms with Crippen LogP contribution in [0.4, 0.5) is 0 Å². The molecular weight excluding hydrogens is 296 g/mol. The Kier molecular flexibility index (Phi) is 3.79. The molecule has 0 unspecified atom stereocenters. The molecule has 0 amide bonds. The Morgan fingerprint density at radius 2 is 1.86 bits per heavy atom. The van der Waals surface area contributed by atoms with Gasteiger partial charge in [0.25, 0.3) is 0 Å². The van der Waals surface area contributed by atoms with Crippen molar-refractivity contribution < 1.29 is 14.7 Å². The van der Waals surface area contributed by atoms with Crippen molar-refractivity contribution in [2.45, 2.75) is 36.5 Å². The number of carbonyl (C=O) groups excluding carboxylic acids is 1. The number of hydrogen-bond donors (Lipinski definition) is 1. The highest BCUT2D eigenvalue weighted by molar-refractivity contribution is 7.99. The molecule has 0 aliphatic carbocycles. The smallest absolute Gasteiger partial charge is 0.335 e. The molecule has 4 heteroatoms. The molecule has 0 radical (unpaired) electrons. The molecule has 0 aromatic heterocycles. The molecule has 2 aromatic rings. The molecule has 0 bridgehead atoms. The van der Waals surface area contributed by atoms with Gasteiger partial charge in [0.05, 0.1) is 5.56 Å². The molecule has 1 aliphatic heterocycles. The fraction of sp³-hybridized carbons (Fsp3) is 0.222. The van der Waals surface area contributed by atoms with E-state index in [0.717, 1.165) is 39.3 Å². The van der Waals surface area contributed by atoms with Crippen molar-refractivity contribution in [1.29, 1.82) is 0 Å². The summed E-state index contributed by atoms with van der Waals surface area (Å²) in [7, 11) is 0. The SMILES string of the molecule is CC(=O)c1ccc2c(c1C)CCc1ccc(C(=O)O)cc1S2. The van der Waals surface area contributed by atoms with Gasteiger partial charge in [-0.3, -0.25) is 4.79 Å². The average molecular weight is 312 g/mol. The molecule has 2 aromatic carbocycles. The quantitative estimate of drug-likeness (QED) is 0.847. The van der Waals surface area contributed by atoms with Gasteiger partial charge in [0.2, 0.25) is 0 Å². The second-order valence-corrected chi connectivity index (χ2v) is 6.58. The minimum atomic E-state index is -0.907. The van der Waals surface area contributed by atoms with E-state index >= 15 is 0 Å². The molecule has 0 spiro atoms. The van der Waals surface area contributed by atoms with Crippen molar-refractivity contribution in [1.82, 2.24) is 0 Å². The number of benzene rings is 2. The largest absolute Gasteiger partial charge is 0.478 e. The Bertz CT molecular complexity index is 793. The van der Waals surface area contributed by atoms with E-state index in [1.54, 1.807) is 30.8 Å².